The van der Waals surface area contributed by atoms with Crippen LogP contribution in [-0.4, -0.2) is 9.97 Å². The maximum Gasteiger partial charge on any atom is 0.322 e. The van der Waals surface area contributed by atoms with Gasteiger partial charge in [-0.3, -0.25) is 0 Å². The first-order valence-electron chi connectivity index (χ1n) is 5.47. The number of hydrogen-bond donors (Lipinski definition) is 0. The van der Waals surface area contributed by atoms with Gasteiger partial charge < -0.3 is 4.74 Å². The molecule has 88 valence electrons. The van der Waals surface area contributed by atoms with E-state index in [1.807, 2.05) is 48.5 Å². The standard InChI is InChI=1S/C14H9BrN2O/c15-11-6-2-4-8-13(11)18-14-16-9-10-5-1-3-7-12(10)17-14/h1-9H. The number of halogens is 1. The second-order valence-corrected chi connectivity index (χ2v) is 4.60. The zero-order chi connectivity index (χ0) is 12.4. The summed E-state index contributed by atoms with van der Waals surface area (Å²) in [5.74, 6) is 0.702. The molecule has 0 spiro atoms. The summed E-state index contributed by atoms with van der Waals surface area (Å²) in [4.78, 5) is 8.55. The highest BCUT2D eigenvalue weighted by Crippen LogP contribution is 2.27. The first-order chi connectivity index (χ1) is 8.83. The van der Waals surface area contributed by atoms with Gasteiger partial charge >= 0.3 is 6.01 Å². The quantitative estimate of drug-likeness (QED) is 0.712. The fourth-order valence-electron chi connectivity index (χ4n) is 1.63. The van der Waals surface area contributed by atoms with Gasteiger partial charge in [0.15, 0.2) is 0 Å². The number of rotatable bonds is 2. The van der Waals surface area contributed by atoms with E-state index in [0.717, 1.165) is 15.4 Å². The number of benzene rings is 2. The highest BCUT2D eigenvalue weighted by molar-refractivity contribution is 9.10. The van der Waals surface area contributed by atoms with Gasteiger partial charge in [0, 0.05) is 11.6 Å². The fourth-order valence-corrected chi connectivity index (χ4v) is 2.00. The SMILES string of the molecule is Brc1ccccc1Oc1ncc2ccccc2n1. The average molecular weight is 301 g/mol. The number of fused-ring (bicyclic) bond motifs is 1. The molecule has 0 atom stereocenters. The minimum absolute atomic E-state index is 0.348. The van der Waals surface area contributed by atoms with Gasteiger partial charge in [-0.25, -0.2) is 4.98 Å². The maximum atomic E-state index is 5.65. The van der Waals surface area contributed by atoms with Gasteiger partial charge in [0.2, 0.25) is 0 Å². The number of ether oxygens (including phenoxy) is 1. The lowest BCUT2D eigenvalue weighted by atomic mass is 10.2. The van der Waals surface area contributed by atoms with Crippen molar-refractivity contribution in [2.24, 2.45) is 0 Å². The Morgan fingerprint density at radius 1 is 0.944 bits per heavy atom. The van der Waals surface area contributed by atoms with Crippen LogP contribution in [0.25, 0.3) is 10.9 Å². The molecule has 0 bridgehead atoms. The molecule has 0 fully saturated rings. The molecule has 0 unspecified atom stereocenters. The molecular formula is C14H9BrN2O. The second kappa shape index (κ2) is 4.74. The summed E-state index contributed by atoms with van der Waals surface area (Å²) < 4.78 is 6.52. The molecule has 3 nitrogen and oxygen atoms in total. The van der Waals surface area contributed by atoms with E-state index in [0.29, 0.717) is 11.8 Å². The van der Waals surface area contributed by atoms with E-state index in [1.54, 1.807) is 6.20 Å². The first-order valence-corrected chi connectivity index (χ1v) is 6.26. The third-order valence-electron chi connectivity index (χ3n) is 2.50. The molecule has 0 aliphatic carbocycles. The van der Waals surface area contributed by atoms with Crippen LogP contribution in [-0.2, 0) is 0 Å². The monoisotopic (exact) mass is 300 g/mol. The summed E-state index contributed by atoms with van der Waals surface area (Å²) >= 11 is 3.42. The maximum absolute atomic E-state index is 5.65. The van der Waals surface area contributed by atoms with Crippen molar-refractivity contribution in [1.29, 1.82) is 0 Å². The van der Waals surface area contributed by atoms with E-state index in [-0.39, 0.29) is 0 Å². The van der Waals surface area contributed by atoms with E-state index in [4.69, 9.17) is 4.74 Å². The highest BCUT2D eigenvalue weighted by Gasteiger charge is 2.04. The molecule has 2 aromatic carbocycles. The topological polar surface area (TPSA) is 35.0 Å². The van der Waals surface area contributed by atoms with Gasteiger partial charge in [-0.2, -0.15) is 4.98 Å². The van der Waals surface area contributed by atoms with Crippen molar-refractivity contribution in [2.45, 2.75) is 0 Å². The van der Waals surface area contributed by atoms with Crippen molar-refractivity contribution >= 4 is 26.8 Å². The molecule has 18 heavy (non-hydrogen) atoms. The molecule has 0 aliphatic rings. The van der Waals surface area contributed by atoms with Gasteiger partial charge in [-0.1, -0.05) is 30.3 Å². The Hall–Kier alpha value is -1.94. The lowest BCUT2D eigenvalue weighted by molar-refractivity contribution is 0.441. The van der Waals surface area contributed by atoms with E-state index in [1.165, 1.54) is 0 Å². The van der Waals surface area contributed by atoms with Crippen molar-refractivity contribution in [3.05, 3.63) is 59.2 Å². The number of para-hydroxylation sites is 2. The van der Waals surface area contributed by atoms with E-state index in [2.05, 4.69) is 25.9 Å². The highest BCUT2D eigenvalue weighted by atomic mass is 79.9. The van der Waals surface area contributed by atoms with Gasteiger partial charge in [0.1, 0.15) is 5.75 Å². The summed E-state index contributed by atoms with van der Waals surface area (Å²) in [7, 11) is 0. The van der Waals surface area contributed by atoms with E-state index < -0.39 is 0 Å². The van der Waals surface area contributed by atoms with Crippen LogP contribution in [0.1, 0.15) is 0 Å². The van der Waals surface area contributed by atoms with Crippen LogP contribution in [0, 0.1) is 0 Å². The minimum Gasteiger partial charge on any atom is -0.423 e. The van der Waals surface area contributed by atoms with Crippen LogP contribution in [0.4, 0.5) is 0 Å². The summed E-state index contributed by atoms with van der Waals surface area (Å²) in [6.45, 7) is 0. The van der Waals surface area contributed by atoms with E-state index in [9.17, 15) is 0 Å². The lowest BCUT2D eigenvalue weighted by Gasteiger charge is -2.05. The number of nitrogens with zero attached hydrogens (tertiary/aromatic N) is 2. The molecule has 3 aromatic rings. The fraction of sp³-hybridized carbons (Fsp3) is 0. The number of hydrogen-bond acceptors (Lipinski definition) is 3. The van der Waals surface area contributed by atoms with Gasteiger partial charge in [0.05, 0.1) is 9.99 Å². The second-order valence-electron chi connectivity index (χ2n) is 3.74. The van der Waals surface area contributed by atoms with Gasteiger partial charge in [0.25, 0.3) is 0 Å². The molecule has 0 aliphatic heterocycles. The predicted molar refractivity (Wildman–Crippen MR) is 73.8 cm³/mol. The normalized spacial score (nSPS) is 10.5. The zero-order valence-corrected chi connectivity index (χ0v) is 11.0. The molecular weight excluding hydrogens is 292 g/mol. The van der Waals surface area contributed by atoms with Crippen molar-refractivity contribution in [3.63, 3.8) is 0 Å². The Morgan fingerprint density at radius 2 is 1.72 bits per heavy atom. The van der Waals surface area contributed by atoms with E-state index >= 15 is 0 Å². The summed E-state index contributed by atoms with van der Waals surface area (Å²) in [5.41, 5.74) is 0.870. The zero-order valence-electron chi connectivity index (χ0n) is 9.38. The Bertz CT molecular complexity index is 700. The molecule has 0 saturated carbocycles. The summed E-state index contributed by atoms with van der Waals surface area (Å²) in [6.07, 6.45) is 1.76. The largest absolute Gasteiger partial charge is 0.423 e. The van der Waals surface area contributed by atoms with Crippen LogP contribution in [0.2, 0.25) is 0 Å². The minimum atomic E-state index is 0.348. The molecule has 0 amide bonds. The number of aromatic nitrogens is 2. The van der Waals surface area contributed by atoms with Crippen LogP contribution >= 0.6 is 15.9 Å². The van der Waals surface area contributed by atoms with Crippen molar-refractivity contribution in [1.82, 2.24) is 9.97 Å². The Balaban J connectivity index is 1.98. The Kier molecular flexibility index (Phi) is 2.94. The van der Waals surface area contributed by atoms with Gasteiger partial charge in [-0.05, 0) is 34.1 Å². The van der Waals surface area contributed by atoms with Crippen molar-refractivity contribution < 1.29 is 4.74 Å². The van der Waals surface area contributed by atoms with Crippen LogP contribution < -0.4 is 4.74 Å². The van der Waals surface area contributed by atoms with Crippen LogP contribution in [0.3, 0.4) is 0 Å². The van der Waals surface area contributed by atoms with Crippen molar-refractivity contribution in [3.8, 4) is 11.8 Å². The molecule has 0 N–H and O–H groups in total. The third-order valence-corrected chi connectivity index (χ3v) is 3.16. The average Bonchev–Trinajstić information content (AvgIpc) is 2.41. The van der Waals surface area contributed by atoms with Crippen molar-refractivity contribution in [2.75, 3.05) is 0 Å². The summed E-state index contributed by atoms with van der Waals surface area (Å²) in [6, 6.07) is 15.8. The summed E-state index contributed by atoms with van der Waals surface area (Å²) in [5, 5.41) is 0.997. The van der Waals surface area contributed by atoms with Gasteiger partial charge in [-0.15, -0.1) is 0 Å². The lowest BCUT2D eigenvalue weighted by Crippen LogP contribution is -1.92. The smallest absolute Gasteiger partial charge is 0.322 e. The first kappa shape index (κ1) is 11.2. The predicted octanol–water partition coefficient (Wildman–Crippen LogP) is 4.18. The Morgan fingerprint density at radius 3 is 2.61 bits per heavy atom. The Labute approximate surface area is 113 Å². The molecule has 1 heterocycles. The molecule has 3 rings (SSSR count). The van der Waals surface area contributed by atoms with Crippen LogP contribution in [0.5, 0.6) is 11.8 Å². The third kappa shape index (κ3) is 2.19. The molecule has 4 heteroatoms. The molecule has 0 saturated heterocycles. The van der Waals surface area contributed by atoms with Crippen LogP contribution in [0.15, 0.2) is 59.2 Å². The molecule has 0 radical (unpaired) electrons. The molecule has 1 aromatic heterocycles.